The Morgan fingerprint density at radius 3 is 2.90 bits per heavy atom. The summed E-state index contributed by atoms with van der Waals surface area (Å²) in [5.41, 5.74) is 2.76. The molecule has 1 aromatic heterocycles. The maximum atomic E-state index is 12.1. The highest BCUT2D eigenvalue weighted by molar-refractivity contribution is 5.93. The average molecular weight is 269 g/mol. The van der Waals surface area contributed by atoms with Crippen LogP contribution in [0.2, 0.25) is 0 Å². The Hall–Kier alpha value is -2.10. The summed E-state index contributed by atoms with van der Waals surface area (Å²) in [6.07, 6.45) is 7.19. The first kappa shape index (κ1) is 12.9. The largest absolute Gasteiger partial charge is 0.352 e. The van der Waals surface area contributed by atoms with Gasteiger partial charge in [-0.05, 0) is 37.3 Å². The summed E-state index contributed by atoms with van der Waals surface area (Å²) in [6, 6.07) is 8.00. The standard InChI is InChI=1S/C16H19N3O/c1-12-5-2-3-8-15(12)19-11-14(10-18-19)16(20)17-9-13-6-4-7-13/h2-3,5,8,10-11,13H,4,6-7,9H2,1H3,(H,17,20). The number of rotatable bonds is 4. The molecule has 1 aliphatic carbocycles. The quantitative estimate of drug-likeness (QED) is 0.927. The lowest BCUT2D eigenvalue weighted by atomic mass is 9.85. The second-order valence-corrected chi connectivity index (χ2v) is 5.47. The fourth-order valence-electron chi connectivity index (χ4n) is 2.43. The summed E-state index contributed by atoms with van der Waals surface area (Å²) in [5, 5.41) is 7.27. The molecule has 0 atom stereocenters. The molecular weight excluding hydrogens is 250 g/mol. The number of carbonyl (C=O) groups is 1. The normalized spacial score (nSPS) is 14.8. The number of aromatic nitrogens is 2. The van der Waals surface area contributed by atoms with E-state index in [0.717, 1.165) is 17.8 Å². The predicted octanol–water partition coefficient (Wildman–Crippen LogP) is 2.71. The average Bonchev–Trinajstić information content (AvgIpc) is 2.87. The van der Waals surface area contributed by atoms with Gasteiger partial charge in [-0.3, -0.25) is 4.79 Å². The SMILES string of the molecule is Cc1ccccc1-n1cc(C(=O)NCC2CCC2)cn1. The third-order valence-electron chi connectivity index (χ3n) is 3.98. The van der Waals surface area contributed by atoms with Crippen molar-refractivity contribution in [1.29, 1.82) is 0 Å². The summed E-state index contributed by atoms with van der Waals surface area (Å²) in [4.78, 5) is 12.1. The molecule has 1 aliphatic rings. The van der Waals surface area contributed by atoms with Gasteiger partial charge in [0, 0.05) is 12.7 Å². The Morgan fingerprint density at radius 2 is 2.20 bits per heavy atom. The Balaban J connectivity index is 1.69. The van der Waals surface area contributed by atoms with Gasteiger partial charge in [-0.2, -0.15) is 5.10 Å². The summed E-state index contributed by atoms with van der Waals surface area (Å²) >= 11 is 0. The van der Waals surface area contributed by atoms with Crippen LogP contribution in [0.5, 0.6) is 0 Å². The molecule has 1 amide bonds. The van der Waals surface area contributed by atoms with Crippen LogP contribution in [0.25, 0.3) is 5.69 Å². The molecule has 0 unspecified atom stereocenters. The summed E-state index contributed by atoms with van der Waals surface area (Å²) in [7, 11) is 0. The molecule has 1 fully saturated rings. The highest BCUT2D eigenvalue weighted by Gasteiger charge is 2.18. The van der Waals surface area contributed by atoms with Crippen LogP contribution in [0.1, 0.15) is 35.2 Å². The van der Waals surface area contributed by atoms with Crippen molar-refractivity contribution in [2.75, 3.05) is 6.54 Å². The van der Waals surface area contributed by atoms with E-state index in [4.69, 9.17) is 0 Å². The number of nitrogens with zero attached hydrogens (tertiary/aromatic N) is 2. The molecule has 104 valence electrons. The molecule has 3 rings (SSSR count). The van der Waals surface area contributed by atoms with Gasteiger partial charge in [0.15, 0.2) is 0 Å². The zero-order valence-electron chi connectivity index (χ0n) is 11.7. The summed E-state index contributed by atoms with van der Waals surface area (Å²) in [6.45, 7) is 2.82. The van der Waals surface area contributed by atoms with Crippen molar-refractivity contribution in [3.63, 3.8) is 0 Å². The maximum absolute atomic E-state index is 12.1. The number of hydrogen-bond acceptors (Lipinski definition) is 2. The van der Waals surface area contributed by atoms with Crippen LogP contribution in [0, 0.1) is 12.8 Å². The first-order valence-corrected chi connectivity index (χ1v) is 7.13. The van der Waals surface area contributed by atoms with Gasteiger partial charge in [0.2, 0.25) is 0 Å². The van der Waals surface area contributed by atoms with E-state index < -0.39 is 0 Å². The number of nitrogens with one attached hydrogen (secondary N) is 1. The molecule has 1 N–H and O–H groups in total. The van der Waals surface area contributed by atoms with E-state index in [1.165, 1.54) is 19.3 Å². The molecule has 1 aromatic carbocycles. The molecular formula is C16H19N3O. The summed E-state index contributed by atoms with van der Waals surface area (Å²) in [5.74, 6) is 0.641. The van der Waals surface area contributed by atoms with E-state index in [1.807, 2.05) is 31.2 Å². The third-order valence-corrected chi connectivity index (χ3v) is 3.98. The van der Waals surface area contributed by atoms with Crippen molar-refractivity contribution in [2.45, 2.75) is 26.2 Å². The van der Waals surface area contributed by atoms with Gasteiger partial charge in [-0.1, -0.05) is 24.6 Å². The number of amides is 1. The lowest BCUT2D eigenvalue weighted by Gasteiger charge is -2.25. The van der Waals surface area contributed by atoms with Crippen molar-refractivity contribution in [3.8, 4) is 5.69 Å². The molecule has 0 spiro atoms. The minimum absolute atomic E-state index is 0.0308. The van der Waals surface area contributed by atoms with Crippen LogP contribution in [0.15, 0.2) is 36.7 Å². The van der Waals surface area contributed by atoms with Crippen LogP contribution >= 0.6 is 0 Å². The van der Waals surface area contributed by atoms with Crippen molar-refractivity contribution in [3.05, 3.63) is 47.8 Å². The van der Waals surface area contributed by atoms with E-state index >= 15 is 0 Å². The van der Waals surface area contributed by atoms with Crippen LogP contribution in [-0.4, -0.2) is 22.2 Å². The Kier molecular flexibility index (Phi) is 3.54. The van der Waals surface area contributed by atoms with Crippen molar-refractivity contribution in [1.82, 2.24) is 15.1 Å². The molecule has 1 heterocycles. The first-order chi connectivity index (χ1) is 9.74. The first-order valence-electron chi connectivity index (χ1n) is 7.13. The van der Waals surface area contributed by atoms with E-state index in [0.29, 0.717) is 11.5 Å². The zero-order chi connectivity index (χ0) is 13.9. The van der Waals surface area contributed by atoms with Gasteiger partial charge in [0.1, 0.15) is 0 Å². The van der Waals surface area contributed by atoms with E-state index in [9.17, 15) is 4.79 Å². The number of hydrogen-bond donors (Lipinski definition) is 1. The van der Waals surface area contributed by atoms with E-state index in [-0.39, 0.29) is 5.91 Å². The van der Waals surface area contributed by atoms with E-state index in [2.05, 4.69) is 10.4 Å². The van der Waals surface area contributed by atoms with Gasteiger partial charge in [-0.15, -0.1) is 0 Å². The lowest BCUT2D eigenvalue weighted by molar-refractivity contribution is 0.0939. The van der Waals surface area contributed by atoms with Crippen molar-refractivity contribution >= 4 is 5.91 Å². The smallest absolute Gasteiger partial charge is 0.254 e. The fraction of sp³-hybridized carbons (Fsp3) is 0.375. The molecule has 0 saturated heterocycles. The van der Waals surface area contributed by atoms with Gasteiger partial charge in [0.05, 0.1) is 17.4 Å². The Labute approximate surface area is 118 Å². The maximum Gasteiger partial charge on any atom is 0.254 e. The molecule has 2 aromatic rings. The molecule has 20 heavy (non-hydrogen) atoms. The highest BCUT2D eigenvalue weighted by atomic mass is 16.1. The van der Waals surface area contributed by atoms with E-state index in [1.54, 1.807) is 17.1 Å². The Morgan fingerprint density at radius 1 is 1.40 bits per heavy atom. The second kappa shape index (κ2) is 5.49. The number of carbonyl (C=O) groups excluding carboxylic acids is 1. The zero-order valence-corrected chi connectivity index (χ0v) is 11.7. The molecule has 0 aliphatic heterocycles. The predicted molar refractivity (Wildman–Crippen MR) is 78.0 cm³/mol. The topological polar surface area (TPSA) is 46.9 Å². The van der Waals surface area contributed by atoms with Crippen LogP contribution in [0.3, 0.4) is 0 Å². The Bertz CT molecular complexity index is 614. The fourth-order valence-corrected chi connectivity index (χ4v) is 2.43. The highest BCUT2D eigenvalue weighted by Crippen LogP contribution is 2.25. The number of para-hydroxylation sites is 1. The molecule has 4 heteroatoms. The van der Waals surface area contributed by atoms with Gasteiger partial charge in [-0.25, -0.2) is 4.68 Å². The van der Waals surface area contributed by atoms with Crippen LogP contribution in [0.4, 0.5) is 0 Å². The van der Waals surface area contributed by atoms with Gasteiger partial charge < -0.3 is 5.32 Å². The molecule has 0 radical (unpaired) electrons. The molecule has 1 saturated carbocycles. The van der Waals surface area contributed by atoms with Gasteiger partial charge in [0.25, 0.3) is 5.91 Å². The van der Waals surface area contributed by atoms with Crippen LogP contribution < -0.4 is 5.32 Å². The third kappa shape index (κ3) is 2.59. The second-order valence-electron chi connectivity index (χ2n) is 5.47. The van der Waals surface area contributed by atoms with Gasteiger partial charge >= 0.3 is 0 Å². The summed E-state index contributed by atoms with van der Waals surface area (Å²) < 4.78 is 1.76. The number of benzene rings is 1. The molecule has 4 nitrogen and oxygen atoms in total. The minimum atomic E-state index is -0.0308. The number of aryl methyl sites for hydroxylation is 1. The van der Waals surface area contributed by atoms with Crippen molar-refractivity contribution < 1.29 is 4.79 Å². The minimum Gasteiger partial charge on any atom is -0.352 e. The lowest BCUT2D eigenvalue weighted by Crippen LogP contribution is -2.31. The van der Waals surface area contributed by atoms with Crippen molar-refractivity contribution in [2.24, 2.45) is 5.92 Å². The molecule has 0 bridgehead atoms. The van der Waals surface area contributed by atoms with Crippen LogP contribution in [-0.2, 0) is 0 Å². The monoisotopic (exact) mass is 269 g/mol.